The van der Waals surface area contributed by atoms with Crippen molar-refractivity contribution in [3.05, 3.63) is 23.8 Å². The second kappa shape index (κ2) is 6.23. The third kappa shape index (κ3) is 3.16. The number of hydrogen-bond donors (Lipinski definition) is 0. The first-order valence-corrected chi connectivity index (χ1v) is 8.71. The van der Waals surface area contributed by atoms with Crippen LogP contribution in [0.5, 0.6) is 5.75 Å². The minimum atomic E-state index is -3.44. The summed E-state index contributed by atoms with van der Waals surface area (Å²) in [7, 11) is -0.348. The number of benzene rings is 1. The maximum atomic E-state index is 12.7. The largest absolute Gasteiger partial charge is 0.495 e. The molecule has 0 bridgehead atoms. The number of nitrogens with zero attached hydrogens (tertiary/aromatic N) is 1. The van der Waals surface area contributed by atoms with E-state index in [0.717, 1.165) is 12.0 Å². The van der Waals surface area contributed by atoms with Crippen LogP contribution in [0.25, 0.3) is 0 Å². The predicted molar refractivity (Wildman–Crippen MR) is 83.6 cm³/mol. The number of fused-ring (bicyclic) bond motifs is 1. The molecular weight excluding hydrogens is 290 g/mol. The summed E-state index contributed by atoms with van der Waals surface area (Å²) >= 11 is 0. The molecule has 0 aliphatic carbocycles. The number of ether oxygens (including phenoxy) is 2. The Labute approximate surface area is 126 Å². The Morgan fingerprint density at radius 2 is 2.10 bits per heavy atom. The molecule has 0 amide bonds. The second-order valence-corrected chi connectivity index (χ2v) is 7.42. The molecular formula is C15H23NO4S. The molecule has 0 spiro atoms. The van der Waals surface area contributed by atoms with Gasteiger partial charge in [-0.25, -0.2) is 8.42 Å². The van der Waals surface area contributed by atoms with Gasteiger partial charge in [0.25, 0.3) is 0 Å². The van der Waals surface area contributed by atoms with Crippen LogP contribution in [0.4, 0.5) is 5.69 Å². The maximum Gasteiger partial charge on any atom is 0.237 e. The Hall–Kier alpha value is -1.27. The highest BCUT2D eigenvalue weighted by molar-refractivity contribution is 7.92. The number of rotatable bonds is 5. The van der Waals surface area contributed by atoms with E-state index in [1.807, 2.05) is 12.1 Å². The monoisotopic (exact) mass is 313 g/mol. The fraction of sp³-hybridized carbons (Fsp3) is 0.600. The highest BCUT2D eigenvalue weighted by Gasteiger charge is 2.33. The number of para-hydroxylation sites is 1. The van der Waals surface area contributed by atoms with Gasteiger partial charge in [0.15, 0.2) is 0 Å². The molecule has 118 valence electrons. The number of sulfonamides is 1. The van der Waals surface area contributed by atoms with Crippen LogP contribution in [0, 0.1) is 0 Å². The third-order valence-corrected chi connectivity index (χ3v) is 5.91. The minimum absolute atomic E-state index is 0.0324. The van der Waals surface area contributed by atoms with E-state index in [1.165, 1.54) is 11.4 Å². The van der Waals surface area contributed by atoms with Crippen molar-refractivity contribution in [3.63, 3.8) is 0 Å². The van der Waals surface area contributed by atoms with E-state index in [4.69, 9.17) is 9.47 Å². The van der Waals surface area contributed by atoms with Gasteiger partial charge < -0.3 is 9.47 Å². The van der Waals surface area contributed by atoms with E-state index in [9.17, 15) is 8.42 Å². The number of anilines is 1. The molecule has 1 aromatic rings. The Kier molecular flexibility index (Phi) is 4.78. The molecule has 0 N–H and O–H groups in total. The van der Waals surface area contributed by atoms with Crippen LogP contribution in [0.2, 0.25) is 0 Å². The molecule has 0 aromatic heterocycles. The fourth-order valence-electron chi connectivity index (χ4n) is 2.68. The summed E-state index contributed by atoms with van der Waals surface area (Å²) in [5, 5.41) is 0. The van der Waals surface area contributed by atoms with Crippen LogP contribution in [-0.4, -0.2) is 41.0 Å². The summed E-state index contributed by atoms with van der Waals surface area (Å²) in [6.07, 6.45) is 0.466. The highest BCUT2D eigenvalue weighted by atomic mass is 32.2. The topological polar surface area (TPSA) is 55.8 Å². The molecule has 0 fully saturated rings. The zero-order valence-corrected chi connectivity index (χ0v) is 13.8. The average molecular weight is 313 g/mol. The lowest BCUT2D eigenvalue weighted by Gasteiger charge is -2.35. The summed E-state index contributed by atoms with van der Waals surface area (Å²) in [6, 6.07) is 5.69. The van der Waals surface area contributed by atoms with Crippen molar-refractivity contribution in [3.8, 4) is 5.75 Å². The van der Waals surface area contributed by atoms with E-state index in [0.29, 0.717) is 23.9 Å². The van der Waals surface area contributed by atoms with Crippen molar-refractivity contribution in [2.45, 2.75) is 32.3 Å². The van der Waals surface area contributed by atoms with Crippen LogP contribution >= 0.6 is 0 Å². The van der Waals surface area contributed by atoms with Gasteiger partial charge in [-0.15, -0.1) is 0 Å². The lowest BCUT2D eigenvalue weighted by Crippen LogP contribution is -2.40. The van der Waals surface area contributed by atoms with Crippen molar-refractivity contribution >= 4 is 15.7 Å². The summed E-state index contributed by atoms with van der Waals surface area (Å²) in [5.41, 5.74) is 1.70. The molecule has 21 heavy (non-hydrogen) atoms. The van der Waals surface area contributed by atoms with Crippen molar-refractivity contribution in [2.24, 2.45) is 0 Å². The smallest absolute Gasteiger partial charge is 0.237 e. The van der Waals surface area contributed by atoms with Crippen molar-refractivity contribution in [2.75, 3.05) is 30.8 Å². The molecule has 5 nitrogen and oxygen atoms in total. The number of hydrogen-bond acceptors (Lipinski definition) is 4. The van der Waals surface area contributed by atoms with Gasteiger partial charge in [0.1, 0.15) is 5.75 Å². The van der Waals surface area contributed by atoms with Gasteiger partial charge in [-0.1, -0.05) is 19.1 Å². The molecule has 1 aromatic carbocycles. The van der Waals surface area contributed by atoms with Gasteiger partial charge in [-0.05, 0) is 30.9 Å². The first-order valence-electron chi connectivity index (χ1n) is 7.10. The van der Waals surface area contributed by atoms with Gasteiger partial charge in [-0.2, -0.15) is 0 Å². The summed E-state index contributed by atoms with van der Waals surface area (Å²) in [6.45, 7) is 4.35. The Morgan fingerprint density at radius 3 is 2.71 bits per heavy atom. The molecule has 0 saturated carbocycles. The average Bonchev–Trinajstić information content (AvgIpc) is 2.46. The Morgan fingerprint density at radius 1 is 1.38 bits per heavy atom. The highest BCUT2D eigenvalue weighted by Crippen LogP contribution is 2.42. The summed E-state index contributed by atoms with van der Waals surface area (Å²) in [5.74, 6) is 0.893. The first-order chi connectivity index (χ1) is 9.90. The quantitative estimate of drug-likeness (QED) is 0.837. The molecule has 6 heteroatoms. The first kappa shape index (κ1) is 16.1. The number of methoxy groups -OCH3 is 2. The van der Waals surface area contributed by atoms with Gasteiger partial charge in [0, 0.05) is 13.7 Å². The third-order valence-electron chi connectivity index (χ3n) is 3.98. The van der Waals surface area contributed by atoms with Crippen LogP contribution < -0.4 is 9.04 Å². The molecule has 1 heterocycles. The van der Waals surface area contributed by atoms with E-state index < -0.39 is 10.0 Å². The molecule has 2 rings (SSSR count). The van der Waals surface area contributed by atoms with E-state index >= 15 is 0 Å². The van der Waals surface area contributed by atoms with E-state index in [1.54, 1.807) is 20.1 Å². The molecule has 0 radical (unpaired) electrons. The van der Waals surface area contributed by atoms with Gasteiger partial charge >= 0.3 is 0 Å². The van der Waals surface area contributed by atoms with Crippen molar-refractivity contribution in [1.29, 1.82) is 0 Å². The van der Waals surface area contributed by atoms with Gasteiger partial charge in [0.05, 0.1) is 24.7 Å². The molecule has 0 saturated heterocycles. The van der Waals surface area contributed by atoms with Crippen LogP contribution in [0.15, 0.2) is 18.2 Å². The van der Waals surface area contributed by atoms with Gasteiger partial charge in [0.2, 0.25) is 10.0 Å². The SMILES string of the molecule is COc1cccc2c1N(S(=O)(=O)C[C@@H](C)OC)CC[C@@H]2C. The lowest BCUT2D eigenvalue weighted by molar-refractivity contribution is 0.136. The van der Waals surface area contributed by atoms with Gasteiger partial charge in [-0.3, -0.25) is 4.31 Å². The lowest BCUT2D eigenvalue weighted by atomic mass is 9.92. The van der Waals surface area contributed by atoms with Crippen LogP contribution in [0.3, 0.4) is 0 Å². The Bertz CT molecular complexity index is 600. The van der Waals surface area contributed by atoms with E-state index in [-0.39, 0.29) is 11.9 Å². The van der Waals surface area contributed by atoms with Crippen LogP contribution in [0.1, 0.15) is 31.7 Å². The molecule has 0 unspecified atom stereocenters. The maximum absolute atomic E-state index is 12.7. The molecule has 1 aliphatic rings. The van der Waals surface area contributed by atoms with Crippen LogP contribution in [-0.2, 0) is 14.8 Å². The zero-order valence-electron chi connectivity index (χ0n) is 13.0. The predicted octanol–water partition coefficient (Wildman–Crippen LogP) is 2.37. The normalized spacial score (nSPS) is 20.0. The zero-order chi connectivity index (χ0) is 15.6. The minimum Gasteiger partial charge on any atom is -0.495 e. The van der Waals surface area contributed by atoms with Crippen molar-refractivity contribution in [1.82, 2.24) is 0 Å². The standard InChI is InChI=1S/C15H23NO4S/c1-11-8-9-16(21(17,18)10-12(2)19-3)15-13(11)6-5-7-14(15)20-4/h5-7,11-12H,8-10H2,1-4H3/t11-,12+/m0/s1. The van der Waals surface area contributed by atoms with Crippen molar-refractivity contribution < 1.29 is 17.9 Å². The molecule has 1 aliphatic heterocycles. The Balaban J connectivity index is 2.47. The molecule has 2 atom stereocenters. The van der Waals surface area contributed by atoms with E-state index in [2.05, 4.69) is 6.92 Å². The fourth-order valence-corrected chi connectivity index (χ4v) is 4.45. The second-order valence-electron chi connectivity index (χ2n) is 5.48. The summed E-state index contributed by atoms with van der Waals surface area (Å²) < 4.78 is 37.3. The summed E-state index contributed by atoms with van der Waals surface area (Å²) in [4.78, 5) is 0.